The molecule has 2 aromatic heterocycles. The SMILES string of the molecule is COc1ccc(Nc2cc(C(=O)NCCc3c[nH]c4ccccc34)ncn2)cc1. The molecule has 7 heteroatoms. The monoisotopic (exact) mass is 387 g/mol. The van der Waals surface area contributed by atoms with Crippen LogP contribution in [0.5, 0.6) is 5.75 Å². The number of rotatable bonds is 7. The summed E-state index contributed by atoms with van der Waals surface area (Å²) in [6.07, 6.45) is 4.09. The first-order valence-corrected chi connectivity index (χ1v) is 9.29. The summed E-state index contributed by atoms with van der Waals surface area (Å²) in [7, 11) is 1.62. The predicted molar refractivity (Wildman–Crippen MR) is 113 cm³/mol. The van der Waals surface area contributed by atoms with Gasteiger partial charge in [0.25, 0.3) is 5.91 Å². The number of amides is 1. The van der Waals surface area contributed by atoms with E-state index in [0.29, 0.717) is 18.1 Å². The van der Waals surface area contributed by atoms with E-state index in [9.17, 15) is 4.79 Å². The van der Waals surface area contributed by atoms with E-state index in [0.717, 1.165) is 23.4 Å². The van der Waals surface area contributed by atoms with Crippen molar-refractivity contribution in [1.82, 2.24) is 20.3 Å². The average molecular weight is 387 g/mol. The van der Waals surface area contributed by atoms with Gasteiger partial charge in [-0.15, -0.1) is 0 Å². The summed E-state index contributed by atoms with van der Waals surface area (Å²) >= 11 is 0. The lowest BCUT2D eigenvalue weighted by Crippen LogP contribution is -2.26. The van der Waals surface area contributed by atoms with Gasteiger partial charge in [0, 0.05) is 35.4 Å². The van der Waals surface area contributed by atoms with Gasteiger partial charge in [-0.3, -0.25) is 4.79 Å². The Morgan fingerprint density at radius 2 is 1.93 bits per heavy atom. The molecule has 2 heterocycles. The fraction of sp³-hybridized carbons (Fsp3) is 0.136. The second-order valence-corrected chi connectivity index (χ2v) is 6.51. The lowest BCUT2D eigenvalue weighted by atomic mass is 10.1. The second-order valence-electron chi connectivity index (χ2n) is 6.51. The lowest BCUT2D eigenvalue weighted by Gasteiger charge is -2.08. The molecule has 0 unspecified atom stereocenters. The largest absolute Gasteiger partial charge is 0.497 e. The Bertz CT molecular complexity index is 1120. The van der Waals surface area contributed by atoms with Crippen LogP contribution in [0.2, 0.25) is 0 Å². The van der Waals surface area contributed by atoms with Crippen LogP contribution >= 0.6 is 0 Å². The van der Waals surface area contributed by atoms with E-state index in [2.05, 4.69) is 31.7 Å². The van der Waals surface area contributed by atoms with Gasteiger partial charge in [0.15, 0.2) is 0 Å². The van der Waals surface area contributed by atoms with Crippen molar-refractivity contribution in [3.8, 4) is 5.75 Å². The minimum atomic E-state index is -0.231. The Morgan fingerprint density at radius 3 is 2.76 bits per heavy atom. The molecule has 0 saturated heterocycles. The van der Waals surface area contributed by atoms with Crippen molar-refractivity contribution in [2.45, 2.75) is 6.42 Å². The number of nitrogens with zero attached hydrogens (tertiary/aromatic N) is 2. The molecule has 0 bridgehead atoms. The first-order valence-electron chi connectivity index (χ1n) is 9.29. The average Bonchev–Trinajstić information content (AvgIpc) is 3.18. The van der Waals surface area contributed by atoms with Crippen LogP contribution in [-0.4, -0.2) is 34.5 Å². The number of carbonyl (C=O) groups excluding carboxylic acids is 1. The number of aromatic nitrogens is 3. The number of hydrogen-bond donors (Lipinski definition) is 3. The molecule has 4 rings (SSSR count). The number of carbonyl (C=O) groups is 1. The summed E-state index contributed by atoms with van der Waals surface area (Å²) < 4.78 is 5.15. The smallest absolute Gasteiger partial charge is 0.270 e. The zero-order valence-corrected chi connectivity index (χ0v) is 16.0. The van der Waals surface area contributed by atoms with Crippen LogP contribution in [0.15, 0.2) is 67.1 Å². The number of ether oxygens (including phenoxy) is 1. The van der Waals surface area contributed by atoms with Crippen LogP contribution in [-0.2, 0) is 6.42 Å². The molecule has 146 valence electrons. The van der Waals surface area contributed by atoms with Crippen LogP contribution < -0.4 is 15.4 Å². The number of nitrogens with one attached hydrogen (secondary N) is 3. The van der Waals surface area contributed by atoms with Gasteiger partial charge in [0.2, 0.25) is 0 Å². The third-order valence-electron chi connectivity index (χ3n) is 4.62. The van der Waals surface area contributed by atoms with E-state index in [1.807, 2.05) is 48.7 Å². The van der Waals surface area contributed by atoms with Crippen molar-refractivity contribution in [3.63, 3.8) is 0 Å². The highest BCUT2D eigenvalue weighted by atomic mass is 16.5. The minimum absolute atomic E-state index is 0.231. The normalized spacial score (nSPS) is 10.7. The van der Waals surface area contributed by atoms with Crippen molar-refractivity contribution in [2.75, 3.05) is 19.0 Å². The fourth-order valence-corrected chi connectivity index (χ4v) is 3.11. The van der Waals surface area contributed by atoms with Gasteiger partial charge in [-0.05, 0) is 42.3 Å². The highest BCUT2D eigenvalue weighted by Crippen LogP contribution is 2.19. The summed E-state index contributed by atoms with van der Waals surface area (Å²) in [6.45, 7) is 0.520. The number of fused-ring (bicyclic) bond motifs is 1. The van der Waals surface area contributed by atoms with Gasteiger partial charge in [0.05, 0.1) is 7.11 Å². The zero-order valence-electron chi connectivity index (χ0n) is 16.0. The van der Waals surface area contributed by atoms with Gasteiger partial charge >= 0.3 is 0 Å². The van der Waals surface area contributed by atoms with Crippen LogP contribution in [0.25, 0.3) is 10.9 Å². The van der Waals surface area contributed by atoms with Crippen molar-refractivity contribution in [3.05, 3.63) is 78.4 Å². The molecule has 2 aromatic carbocycles. The van der Waals surface area contributed by atoms with Gasteiger partial charge in [-0.25, -0.2) is 9.97 Å². The maximum atomic E-state index is 12.5. The van der Waals surface area contributed by atoms with Gasteiger partial charge in [0.1, 0.15) is 23.6 Å². The maximum Gasteiger partial charge on any atom is 0.270 e. The molecular formula is C22H21N5O2. The van der Waals surface area contributed by atoms with E-state index in [-0.39, 0.29) is 5.91 Å². The molecular weight excluding hydrogens is 366 g/mol. The Morgan fingerprint density at radius 1 is 1.10 bits per heavy atom. The molecule has 0 saturated carbocycles. The molecule has 0 aliphatic rings. The van der Waals surface area contributed by atoms with Gasteiger partial charge in [-0.2, -0.15) is 0 Å². The first kappa shape index (κ1) is 18.5. The number of H-pyrrole nitrogens is 1. The highest BCUT2D eigenvalue weighted by Gasteiger charge is 2.10. The molecule has 0 fully saturated rings. The van der Waals surface area contributed by atoms with Crippen LogP contribution in [0, 0.1) is 0 Å². The number of anilines is 2. The van der Waals surface area contributed by atoms with Gasteiger partial charge in [-0.1, -0.05) is 18.2 Å². The summed E-state index contributed by atoms with van der Waals surface area (Å²) in [5, 5.41) is 7.25. The van der Waals surface area contributed by atoms with E-state index in [4.69, 9.17) is 4.74 Å². The maximum absolute atomic E-state index is 12.5. The topological polar surface area (TPSA) is 91.9 Å². The molecule has 3 N–H and O–H groups in total. The number of benzene rings is 2. The predicted octanol–water partition coefficient (Wildman–Crippen LogP) is 3.68. The minimum Gasteiger partial charge on any atom is -0.497 e. The third kappa shape index (κ3) is 4.35. The number of aromatic amines is 1. The van der Waals surface area contributed by atoms with Crippen LogP contribution in [0.4, 0.5) is 11.5 Å². The van der Waals surface area contributed by atoms with Crippen molar-refractivity contribution in [2.24, 2.45) is 0 Å². The Labute approximate surface area is 168 Å². The Balaban J connectivity index is 1.36. The molecule has 0 atom stereocenters. The second kappa shape index (κ2) is 8.43. The third-order valence-corrected chi connectivity index (χ3v) is 4.62. The van der Waals surface area contributed by atoms with E-state index in [1.54, 1.807) is 13.2 Å². The summed E-state index contributed by atoms with van der Waals surface area (Å²) in [6, 6.07) is 17.2. The number of para-hydroxylation sites is 1. The lowest BCUT2D eigenvalue weighted by molar-refractivity contribution is 0.0949. The molecule has 4 aromatic rings. The molecule has 0 radical (unpaired) electrons. The molecule has 1 amide bonds. The van der Waals surface area contributed by atoms with Crippen molar-refractivity contribution >= 4 is 28.3 Å². The quantitative estimate of drug-likeness (QED) is 0.450. The molecule has 0 aliphatic carbocycles. The van der Waals surface area contributed by atoms with E-state index < -0.39 is 0 Å². The fourth-order valence-electron chi connectivity index (χ4n) is 3.11. The van der Waals surface area contributed by atoms with Gasteiger partial charge < -0.3 is 20.4 Å². The summed E-state index contributed by atoms with van der Waals surface area (Å²) in [5.74, 6) is 1.09. The van der Waals surface area contributed by atoms with E-state index >= 15 is 0 Å². The number of hydrogen-bond acceptors (Lipinski definition) is 5. The molecule has 0 spiro atoms. The Kier molecular flexibility index (Phi) is 5.38. The van der Waals surface area contributed by atoms with Crippen LogP contribution in [0.3, 0.4) is 0 Å². The van der Waals surface area contributed by atoms with Crippen molar-refractivity contribution in [1.29, 1.82) is 0 Å². The standard InChI is InChI=1S/C22H21N5O2/c1-29-17-8-6-16(7-9-17)27-21-12-20(25-14-26-21)22(28)23-11-10-15-13-24-19-5-3-2-4-18(15)19/h2-9,12-14,24H,10-11H2,1H3,(H,23,28)(H,25,26,27). The van der Waals surface area contributed by atoms with Crippen LogP contribution in [0.1, 0.15) is 16.1 Å². The number of methoxy groups -OCH3 is 1. The molecule has 0 aliphatic heterocycles. The van der Waals surface area contributed by atoms with E-state index in [1.165, 1.54) is 17.3 Å². The summed E-state index contributed by atoms with van der Waals surface area (Å²) in [5.41, 5.74) is 3.43. The highest BCUT2D eigenvalue weighted by molar-refractivity contribution is 5.93. The zero-order chi connectivity index (χ0) is 20.1. The summed E-state index contributed by atoms with van der Waals surface area (Å²) in [4.78, 5) is 24.0. The first-order chi connectivity index (χ1) is 14.2. The van der Waals surface area contributed by atoms with Crippen molar-refractivity contribution < 1.29 is 9.53 Å². The molecule has 7 nitrogen and oxygen atoms in total. The molecule has 29 heavy (non-hydrogen) atoms. The Hall–Kier alpha value is -3.87.